The smallest absolute Gasteiger partial charge is 0.159 e. The maximum Gasteiger partial charge on any atom is 0.159 e. The van der Waals surface area contributed by atoms with Crippen molar-refractivity contribution in [2.75, 3.05) is 0 Å². The lowest BCUT2D eigenvalue weighted by molar-refractivity contribution is 0.614. The molecule has 76 valence electrons. The van der Waals surface area contributed by atoms with Crippen molar-refractivity contribution in [3.63, 3.8) is 0 Å². The van der Waals surface area contributed by atoms with Crippen LogP contribution in [0.3, 0.4) is 0 Å². The van der Waals surface area contributed by atoms with E-state index in [2.05, 4.69) is 19.2 Å². The highest BCUT2D eigenvalue weighted by atomic mass is 31.0. The number of halogens is 1. The molecule has 1 heterocycles. The molecule has 4 heteroatoms. The van der Waals surface area contributed by atoms with Crippen molar-refractivity contribution >= 4 is 14.5 Å². The molecule has 0 spiro atoms. The Bertz CT molecular complexity index is 482. The van der Waals surface area contributed by atoms with Crippen LogP contribution in [0, 0.1) is 12.7 Å². The molecule has 2 aromatic rings. The van der Waals surface area contributed by atoms with Gasteiger partial charge in [0, 0.05) is 5.56 Å². The number of aromatic nitrogens is 2. The van der Waals surface area contributed by atoms with E-state index in [-0.39, 0.29) is 0 Å². The highest BCUT2D eigenvalue weighted by molar-refractivity contribution is 7.27. The second kappa shape index (κ2) is 4.03. The van der Waals surface area contributed by atoms with E-state index in [0.29, 0.717) is 5.82 Å². The van der Waals surface area contributed by atoms with Gasteiger partial charge in [0.25, 0.3) is 0 Å². The first-order chi connectivity index (χ1) is 7.16. The molecule has 1 unspecified atom stereocenters. The van der Waals surface area contributed by atoms with Crippen LogP contribution in [0.15, 0.2) is 30.6 Å². The Morgan fingerprint density at radius 3 is 2.47 bits per heavy atom. The van der Waals surface area contributed by atoms with Crippen molar-refractivity contribution in [3.05, 3.63) is 42.0 Å². The zero-order chi connectivity index (χ0) is 10.8. The van der Waals surface area contributed by atoms with E-state index in [1.165, 1.54) is 12.4 Å². The van der Waals surface area contributed by atoms with Crippen LogP contribution < -0.4 is 5.30 Å². The zero-order valence-corrected chi connectivity index (χ0v) is 9.39. The summed E-state index contributed by atoms with van der Waals surface area (Å²) >= 11 is 0. The minimum absolute atomic E-state index is 0.418. The van der Waals surface area contributed by atoms with Crippen LogP contribution in [0.4, 0.5) is 4.39 Å². The Morgan fingerprint density at radius 2 is 1.87 bits per heavy atom. The van der Waals surface area contributed by atoms with E-state index >= 15 is 0 Å². The van der Waals surface area contributed by atoms with Gasteiger partial charge in [-0.05, 0) is 17.8 Å². The van der Waals surface area contributed by atoms with Crippen LogP contribution in [0.5, 0.6) is 0 Å². The lowest BCUT2D eigenvalue weighted by Crippen LogP contribution is -1.96. The van der Waals surface area contributed by atoms with Crippen molar-refractivity contribution in [2.24, 2.45) is 0 Å². The lowest BCUT2D eigenvalue weighted by Gasteiger charge is -2.04. The molecule has 0 aliphatic rings. The van der Waals surface area contributed by atoms with E-state index < -0.39 is 5.82 Å². The molecule has 1 aromatic carbocycles. The minimum atomic E-state index is -0.418. The fraction of sp³-hybridized carbons (Fsp3) is 0.0909. The number of benzene rings is 1. The Kier molecular flexibility index (Phi) is 2.74. The van der Waals surface area contributed by atoms with Crippen molar-refractivity contribution in [1.29, 1.82) is 0 Å². The third kappa shape index (κ3) is 2.18. The van der Waals surface area contributed by atoms with E-state index in [9.17, 15) is 4.39 Å². The first-order valence-electron chi connectivity index (χ1n) is 4.51. The number of aryl methyl sites for hydroxylation is 1. The molecule has 1 aromatic heterocycles. The molecule has 0 aliphatic heterocycles. The van der Waals surface area contributed by atoms with E-state index in [1.54, 1.807) is 0 Å². The highest BCUT2D eigenvalue weighted by Crippen LogP contribution is 2.18. The summed E-state index contributed by atoms with van der Waals surface area (Å²) in [6.07, 6.45) is 2.35. The molecule has 0 fully saturated rings. The first-order valence-corrected chi connectivity index (χ1v) is 5.08. The molecule has 0 amide bonds. The Morgan fingerprint density at radius 1 is 1.20 bits per heavy atom. The van der Waals surface area contributed by atoms with Crippen LogP contribution in [0.2, 0.25) is 0 Å². The molecule has 0 saturated carbocycles. The van der Waals surface area contributed by atoms with Crippen LogP contribution >= 0.6 is 9.24 Å². The average Bonchev–Trinajstić information content (AvgIpc) is 2.20. The van der Waals surface area contributed by atoms with Crippen LogP contribution in [-0.2, 0) is 0 Å². The van der Waals surface area contributed by atoms with Gasteiger partial charge in [0.05, 0.1) is 12.4 Å². The van der Waals surface area contributed by atoms with Gasteiger partial charge in [0.2, 0.25) is 0 Å². The summed E-state index contributed by atoms with van der Waals surface area (Å²) in [5.41, 5.74) is 2.01. The minimum Gasteiger partial charge on any atom is -0.233 e. The number of hydrogen-bond acceptors (Lipinski definition) is 2. The molecule has 0 saturated heterocycles. The van der Waals surface area contributed by atoms with Crippen LogP contribution in [0.25, 0.3) is 11.4 Å². The maximum absolute atomic E-state index is 12.6. The van der Waals surface area contributed by atoms with Gasteiger partial charge in [-0.2, -0.15) is 0 Å². The molecular formula is C11H10FN2P. The fourth-order valence-corrected chi connectivity index (χ4v) is 1.74. The Hall–Kier alpha value is -1.34. The lowest BCUT2D eigenvalue weighted by atomic mass is 10.1. The van der Waals surface area contributed by atoms with Gasteiger partial charge < -0.3 is 0 Å². The second-order valence-electron chi connectivity index (χ2n) is 3.30. The normalized spacial score (nSPS) is 10.3. The molecule has 0 bridgehead atoms. The number of hydrogen-bond donors (Lipinski definition) is 0. The molecule has 0 aliphatic carbocycles. The quantitative estimate of drug-likeness (QED) is 0.688. The summed E-state index contributed by atoms with van der Waals surface area (Å²) in [7, 11) is 2.63. The standard InChI is InChI=1S/C11H10FN2P/c1-7-4-9(15)2-3-10(7)11-13-5-8(12)6-14-11/h2-6H,15H2,1H3. The monoisotopic (exact) mass is 220 g/mol. The first kappa shape index (κ1) is 10.2. The summed E-state index contributed by atoms with van der Waals surface area (Å²) in [5.74, 6) is 0.137. The molecule has 0 radical (unpaired) electrons. The van der Waals surface area contributed by atoms with Crippen molar-refractivity contribution in [1.82, 2.24) is 9.97 Å². The summed E-state index contributed by atoms with van der Waals surface area (Å²) in [5, 5.41) is 1.11. The molecule has 2 nitrogen and oxygen atoms in total. The second-order valence-corrected chi connectivity index (χ2v) is 3.97. The van der Waals surface area contributed by atoms with Gasteiger partial charge in [-0.25, -0.2) is 14.4 Å². The third-order valence-electron chi connectivity index (χ3n) is 2.11. The van der Waals surface area contributed by atoms with Crippen molar-refractivity contribution in [3.8, 4) is 11.4 Å². The van der Waals surface area contributed by atoms with Crippen LogP contribution in [0.1, 0.15) is 5.56 Å². The predicted octanol–water partition coefficient (Wildman–Crippen LogP) is 2.09. The summed E-state index contributed by atoms with van der Waals surface area (Å²) in [6, 6.07) is 5.91. The average molecular weight is 220 g/mol. The SMILES string of the molecule is Cc1cc(P)ccc1-c1ncc(F)cn1. The zero-order valence-electron chi connectivity index (χ0n) is 8.24. The van der Waals surface area contributed by atoms with Gasteiger partial charge in [0.1, 0.15) is 0 Å². The topological polar surface area (TPSA) is 25.8 Å². The number of rotatable bonds is 1. The highest BCUT2D eigenvalue weighted by Gasteiger charge is 2.04. The van der Waals surface area contributed by atoms with Gasteiger partial charge >= 0.3 is 0 Å². The largest absolute Gasteiger partial charge is 0.233 e. The van der Waals surface area contributed by atoms with Gasteiger partial charge in [-0.15, -0.1) is 9.24 Å². The van der Waals surface area contributed by atoms with E-state index in [1.807, 2.05) is 25.1 Å². The molecule has 1 atom stereocenters. The van der Waals surface area contributed by atoms with Crippen molar-refractivity contribution in [2.45, 2.75) is 6.92 Å². The molecule has 15 heavy (non-hydrogen) atoms. The van der Waals surface area contributed by atoms with Crippen LogP contribution in [-0.4, -0.2) is 9.97 Å². The third-order valence-corrected chi connectivity index (χ3v) is 2.47. The molecule has 2 rings (SSSR count). The Balaban J connectivity index is 2.49. The van der Waals surface area contributed by atoms with Gasteiger partial charge in [-0.1, -0.05) is 18.2 Å². The van der Waals surface area contributed by atoms with Crippen molar-refractivity contribution < 1.29 is 4.39 Å². The van der Waals surface area contributed by atoms with E-state index in [0.717, 1.165) is 16.4 Å². The summed E-state index contributed by atoms with van der Waals surface area (Å²) in [6.45, 7) is 1.98. The summed E-state index contributed by atoms with van der Waals surface area (Å²) in [4.78, 5) is 7.89. The maximum atomic E-state index is 12.6. The van der Waals surface area contributed by atoms with Gasteiger partial charge in [0.15, 0.2) is 11.6 Å². The van der Waals surface area contributed by atoms with Gasteiger partial charge in [-0.3, -0.25) is 0 Å². The predicted molar refractivity (Wildman–Crippen MR) is 61.5 cm³/mol. The van der Waals surface area contributed by atoms with E-state index in [4.69, 9.17) is 0 Å². The number of nitrogens with zero attached hydrogens (tertiary/aromatic N) is 2. The fourth-order valence-electron chi connectivity index (χ4n) is 1.39. The molecular weight excluding hydrogens is 210 g/mol. The molecule has 0 N–H and O–H groups in total. The Labute approximate surface area is 89.8 Å². The summed E-state index contributed by atoms with van der Waals surface area (Å²) < 4.78 is 12.6.